The van der Waals surface area contributed by atoms with E-state index in [1.165, 1.54) is 19.4 Å². The Balaban J connectivity index is 1.56. The van der Waals surface area contributed by atoms with Crippen molar-refractivity contribution in [1.29, 1.82) is 5.26 Å². The highest BCUT2D eigenvalue weighted by Crippen LogP contribution is 2.23. The Morgan fingerprint density at radius 1 is 1.26 bits per heavy atom. The largest absolute Gasteiger partial charge is 0.370 e. The normalized spacial score (nSPS) is 17.6. The molecule has 0 radical (unpaired) electrons. The van der Waals surface area contributed by atoms with Crippen LogP contribution in [0.1, 0.15) is 30.9 Å². The molecule has 2 aromatic carbocycles. The van der Waals surface area contributed by atoms with Crippen LogP contribution in [0, 0.1) is 11.3 Å². The summed E-state index contributed by atoms with van der Waals surface area (Å²) in [4.78, 5) is 6.94. The second-order valence-corrected chi connectivity index (χ2v) is 6.86. The standard InChI is InChI=1S/C22H27N5/c1-2-27-13-5-7-20(27)16-26-22(24)25-15-17-9-11-18(12-10-17)21-8-4-3-6-19(21)14-23/h3-4,6,8-12,20H,2,5,7,13,15-16H2,1H3,(H3,24,25,26). The van der Waals surface area contributed by atoms with E-state index in [2.05, 4.69) is 28.2 Å². The van der Waals surface area contributed by atoms with Gasteiger partial charge in [0.05, 0.1) is 18.2 Å². The summed E-state index contributed by atoms with van der Waals surface area (Å²) in [7, 11) is 0. The van der Waals surface area contributed by atoms with Crippen LogP contribution >= 0.6 is 0 Å². The molecule has 1 heterocycles. The lowest BCUT2D eigenvalue weighted by Gasteiger charge is -2.23. The topological polar surface area (TPSA) is 77.4 Å². The highest BCUT2D eigenvalue weighted by Gasteiger charge is 2.22. The SMILES string of the molecule is CCN1CCCC1CNC(N)=NCc1ccc(-c2ccccc2C#N)cc1. The van der Waals surface area contributed by atoms with Crippen molar-refractivity contribution in [2.45, 2.75) is 32.4 Å². The molecule has 0 aromatic heterocycles. The van der Waals surface area contributed by atoms with Crippen molar-refractivity contribution in [1.82, 2.24) is 10.2 Å². The second kappa shape index (κ2) is 9.20. The van der Waals surface area contributed by atoms with Crippen LogP contribution in [0.3, 0.4) is 0 Å². The van der Waals surface area contributed by atoms with E-state index >= 15 is 0 Å². The third-order valence-electron chi connectivity index (χ3n) is 5.17. The number of nitriles is 1. The third-order valence-corrected chi connectivity index (χ3v) is 5.17. The van der Waals surface area contributed by atoms with Gasteiger partial charge in [0.2, 0.25) is 0 Å². The highest BCUT2D eigenvalue weighted by molar-refractivity contribution is 5.77. The molecule has 0 aliphatic carbocycles. The van der Waals surface area contributed by atoms with E-state index in [0.29, 0.717) is 24.1 Å². The van der Waals surface area contributed by atoms with E-state index in [9.17, 15) is 5.26 Å². The summed E-state index contributed by atoms with van der Waals surface area (Å²) < 4.78 is 0. The van der Waals surface area contributed by atoms with Crippen molar-refractivity contribution in [3.63, 3.8) is 0 Å². The first-order valence-corrected chi connectivity index (χ1v) is 9.57. The van der Waals surface area contributed by atoms with Crippen LogP contribution in [-0.2, 0) is 6.54 Å². The number of nitrogens with zero attached hydrogens (tertiary/aromatic N) is 3. The fraction of sp³-hybridized carbons (Fsp3) is 0.364. The van der Waals surface area contributed by atoms with Crippen molar-refractivity contribution in [3.8, 4) is 17.2 Å². The number of hydrogen-bond acceptors (Lipinski definition) is 3. The van der Waals surface area contributed by atoms with Gasteiger partial charge in [-0.15, -0.1) is 0 Å². The van der Waals surface area contributed by atoms with Crippen LogP contribution in [0.4, 0.5) is 0 Å². The summed E-state index contributed by atoms with van der Waals surface area (Å²) >= 11 is 0. The first-order valence-electron chi connectivity index (χ1n) is 9.57. The zero-order chi connectivity index (χ0) is 19.1. The van der Waals surface area contributed by atoms with Crippen molar-refractivity contribution in [2.75, 3.05) is 19.6 Å². The van der Waals surface area contributed by atoms with Gasteiger partial charge in [0, 0.05) is 12.6 Å². The number of nitrogens with two attached hydrogens (primary N) is 1. The summed E-state index contributed by atoms with van der Waals surface area (Å²) in [6.45, 7) is 5.87. The molecule has 3 rings (SSSR count). The lowest BCUT2D eigenvalue weighted by atomic mass is 9.99. The van der Waals surface area contributed by atoms with Gasteiger partial charge in [0.25, 0.3) is 0 Å². The first kappa shape index (κ1) is 18.9. The molecule has 0 saturated carbocycles. The molecule has 5 heteroatoms. The average molecular weight is 361 g/mol. The van der Waals surface area contributed by atoms with Crippen LogP contribution in [0.15, 0.2) is 53.5 Å². The summed E-state index contributed by atoms with van der Waals surface area (Å²) in [5, 5.41) is 12.5. The fourth-order valence-corrected chi connectivity index (χ4v) is 3.62. The minimum atomic E-state index is 0.497. The van der Waals surface area contributed by atoms with Crippen molar-refractivity contribution in [3.05, 3.63) is 59.7 Å². The molecule has 5 nitrogen and oxygen atoms in total. The number of nitrogens with one attached hydrogen (secondary N) is 1. The van der Waals surface area contributed by atoms with Gasteiger partial charge in [-0.3, -0.25) is 4.90 Å². The fourth-order valence-electron chi connectivity index (χ4n) is 3.62. The van der Waals surface area contributed by atoms with Crippen LogP contribution in [0.2, 0.25) is 0 Å². The van der Waals surface area contributed by atoms with E-state index in [0.717, 1.165) is 29.8 Å². The summed E-state index contributed by atoms with van der Waals surface area (Å²) in [6, 6.07) is 18.6. The molecule has 27 heavy (non-hydrogen) atoms. The Labute approximate surface area is 161 Å². The Bertz CT molecular complexity index is 819. The molecule has 0 bridgehead atoms. The van der Waals surface area contributed by atoms with Gasteiger partial charge in [0.1, 0.15) is 0 Å². The molecule has 1 aliphatic heterocycles. The van der Waals surface area contributed by atoms with Crippen molar-refractivity contribution < 1.29 is 0 Å². The van der Waals surface area contributed by atoms with Crippen molar-refractivity contribution in [2.24, 2.45) is 10.7 Å². The Hall–Kier alpha value is -2.84. The Morgan fingerprint density at radius 3 is 2.78 bits per heavy atom. The number of guanidine groups is 1. The van der Waals surface area contributed by atoms with Gasteiger partial charge in [0.15, 0.2) is 5.96 Å². The number of hydrogen-bond donors (Lipinski definition) is 2. The molecular weight excluding hydrogens is 334 g/mol. The summed E-state index contributed by atoms with van der Waals surface area (Å²) in [6.07, 6.45) is 2.48. The maximum atomic E-state index is 9.25. The Morgan fingerprint density at radius 2 is 2.04 bits per heavy atom. The van der Waals surface area contributed by atoms with E-state index in [4.69, 9.17) is 5.73 Å². The molecule has 1 unspecified atom stereocenters. The van der Waals surface area contributed by atoms with Gasteiger partial charge < -0.3 is 11.1 Å². The number of likely N-dealkylation sites (N-methyl/N-ethyl adjacent to an activating group) is 1. The lowest BCUT2D eigenvalue weighted by molar-refractivity contribution is 0.267. The van der Waals surface area contributed by atoms with Crippen LogP contribution in [0.5, 0.6) is 0 Å². The predicted molar refractivity (Wildman–Crippen MR) is 110 cm³/mol. The van der Waals surface area contributed by atoms with E-state index in [1.807, 2.05) is 48.5 Å². The summed E-state index contributed by atoms with van der Waals surface area (Å²) in [5.41, 5.74) is 9.79. The molecule has 1 atom stereocenters. The molecule has 3 N–H and O–H groups in total. The zero-order valence-corrected chi connectivity index (χ0v) is 15.9. The average Bonchev–Trinajstić information content (AvgIpc) is 3.18. The molecule has 0 spiro atoms. The van der Waals surface area contributed by atoms with E-state index in [1.54, 1.807) is 0 Å². The van der Waals surface area contributed by atoms with E-state index in [-0.39, 0.29) is 0 Å². The van der Waals surface area contributed by atoms with Gasteiger partial charge in [-0.2, -0.15) is 5.26 Å². The zero-order valence-electron chi connectivity index (χ0n) is 15.9. The van der Waals surface area contributed by atoms with Gasteiger partial charge in [-0.1, -0.05) is 49.4 Å². The lowest BCUT2D eigenvalue weighted by Crippen LogP contribution is -2.42. The first-order chi connectivity index (χ1) is 13.2. The quantitative estimate of drug-likeness (QED) is 0.612. The maximum absolute atomic E-state index is 9.25. The predicted octanol–water partition coefficient (Wildman–Crippen LogP) is 3.11. The molecule has 2 aromatic rings. The maximum Gasteiger partial charge on any atom is 0.188 e. The number of likely N-dealkylation sites (tertiary alicyclic amines) is 1. The van der Waals surface area contributed by atoms with Gasteiger partial charge in [-0.05, 0) is 48.7 Å². The van der Waals surface area contributed by atoms with E-state index < -0.39 is 0 Å². The minimum absolute atomic E-state index is 0.497. The van der Waals surface area contributed by atoms with Crippen LogP contribution in [0.25, 0.3) is 11.1 Å². The molecule has 1 saturated heterocycles. The number of benzene rings is 2. The number of rotatable bonds is 6. The van der Waals surface area contributed by atoms with Gasteiger partial charge in [-0.25, -0.2) is 4.99 Å². The van der Waals surface area contributed by atoms with Gasteiger partial charge >= 0.3 is 0 Å². The van der Waals surface area contributed by atoms with Crippen LogP contribution in [-0.4, -0.2) is 36.5 Å². The molecular formula is C22H27N5. The molecule has 1 aliphatic rings. The minimum Gasteiger partial charge on any atom is -0.370 e. The second-order valence-electron chi connectivity index (χ2n) is 6.86. The number of aliphatic imine (C=N–C) groups is 1. The third kappa shape index (κ3) is 4.87. The smallest absolute Gasteiger partial charge is 0.188 e. The molecule has 1 fully saturated rings. The summed E-state index contributed by atoms with van der Waals surface area (Å²) in [5.74, 6) is 0.497. The monoisotopic (exact) mass is 361 g/mol. The molecule has 140 valence electrons. The van der Waals surface area contributed by atoms with Crippen LogP contribution < -0.4 is 11.1 Å². The Kier molecular flexibility index (Phi) is 6.45. The highest BCUT2D eigenvalue weighted by atomic mass is 15.2. The van der Waals surface area contributed by atoms with Crippen molar-refractivity contribution >= 4 is 5.96 Å². The molecule has 0 amide bonds.